The first-order valence-corrected chi connectivity index (χ1v) is 10.5. The number of hydrogen-bond donors (Lipinski definition) is 1. The Kier molecular flexibility index (Phi) is 10.1. The predicted octanol–water partition coefficient (Wildman–Crippen LogP) is 6.82. The van der Waals surface area contributed by atoms with Crippen molar-refractivity contribution in [3.8, 4) is 0 Å². The fourth-order valence-corrected chi connectivity index (χ4v) is 3.52. The molecule has 0 aromatic rings. The summed E-state index contributed by atoms with van der Waals surface area (Å²) in [5.74, 6) is -0.00390. The van der Waals surface area contributed by atoms with Gasteiger partial charge in [0.25, 0.3) is 0 Å². The third-order valence-corrected chi connectivity index (χ3v) is 5.21. The Balaban J connectivity index is 2.60. The zero-order valence-electron chi connectivity index (χ0n) is 18.3. The van der Waals surface area contributed by atoms with Gasteiger partial charge in [0.05, 0.1) is 0 Å². The Labute approximate surface area is 167 Å². The molecule has 1 rings (SSSR count). The van der Waals surface area contributed by atoms with Crippen molar-refractivity contribution in [2.75, 3.05) is 6.54 Å². The molecule has 2 nitrogen and oxygen atoms in total. The number of hydrogen-bond acceptors (Lipinski definition) is 1. The molecule has 27 heavy (non-hydrogen) atoms. The highest BCUT2D eigenvalue weighted by Crippen LogP contribution is 2.40. The van der Waals surface area contributed by atoms with E-state index in [2.05, 4.69) is 58.2 Å². The van der Waals surface area contributed by atoms with Crippen molar-refractivity contribution in [1.29, 1.82) is 0 Å². The van der Waals surface area contributed by atoms with Gasteiger partial charge in [-0.3, -0.25) is 4.79 Å². The zero-order valence-corrected chi connectivity index (χ0v) is 18.3. The first-order chi connectivity index (χ1) is 12.8. The quantitative estimate of drug-likeness (QED) is 0.269. The Hall–Kier alpha value is -1.83. The van der Waals surface area contributed by atoms with E-state index < -0.39 is 0 Å². The summed E-state index contributed by atoms with van der Waals surface area (Å²) >= 11 is 0. The number of unbranched alkanes of at least 4 members (excludes halogenated alkanes) is 2. The maximum absolute atomic E-state index is 11.8. The summed E-state index contributed by atoms with van der Waals surface area (Å²) in [5.41, 5.74) is 5.46. The van der Waals surface area contributed by atoms with E-state index in [1.165, 1.54) is 42.4 Å². The van der Waals surface area contributed by atoms with Gasteiger partial charge in [-0.25, -0.2) is 0 Å². The molecule has 0 bridgehead atoms. The van der Waals surface area contributed by atoms with Crippen LogP contribution >= 0.6 is 0 Å². The topological polar surface area (TPSA) is 29.1 Å². The van der Waals surface area contributed by atoms with Crippen LogP contribution in [0.25, 0.3) is 0 Å². The second kappa shape index (κ2) is 11.8. The molecule has 2 heteroatoms. The van der Waals surface area contributed by atoms with E-state index in [1.807, 2.05) is 19.1 Å². The minimum atomic E-state index is -0.00390. The Bertz CT molecular complexity index is 641. The number of nitrogens with one attached hydrogen (secondary N) is 1. The molecule has 0 saturated carbocycles. The molecule has 0 aromatic carbocycles. The molecule has 0 fully saturated rings. The summed E-state index contributed by atoms with van der Waals surface area (Å²) in [6.45, 7) is 13.9. The van der Waals surface area contributed by atoms with Crippen LogP contribution in [0.2, 0.25) is 0 Å². The lowest BCUT2D eigenvalue weighted by Crippen LogP contribution is -2.22. The summed E-state index contributed by atoms with van der Waals surface area (Å²) in [4.78, 5) is 11.8. The van der Waals surface area contributed by atoms with E-state index in [0.717, 1.165) is 25.0 Å². The highest BCUT2D eigenvalue weighted by molar-refractivity contribution is 5.88. The molecule has 0 radical (unpaired) electrons. The molecule has 1 aliphatic carbocycles. The van der Waals surface area contributed by atoms with Gasteiger partial charge in [-0.15, -0.1) is 0 Å². The lowest BCUT2D eigenvalue weighted by atomic mass is 9.72. The Morgan fingerprint density at radius 3 is 2.56 bits per heavy atom. The Morgan fingerprint density at radius 1 is 1.15 bits per heavy atom. The molecular formula is C25H39NO. The van der Waals surface area contributed by atoms with Crippen LogP contribution in [-0.2, 0) is 4.79 Å². The van der Waals surface area contributed by atoms with Crippen LogP contribution in [0, 0.1) is 5.41 Å². The van der Waals surface area contributed by atoms with Crippen molar-refractivity contribution in [2.24, 2.45) is 5.41 Å². The van der Waals surface area contributed by atoms with Gasteiger partial charge in [-0.2, -0.15) is 0 Å². The largest absolute Gasteiger partial charge is 0.353 e. The van der Waals surface area contributed by atoms with Crippen LogP contribution in [0.15, 0.2) is 58.7 Å². The molecule has 0 atom stereocenters. The van der Waals surface area contributed by atoms with Crippen LogP contribution in [0.4, 0.5) is 0 Å². The molecule has 0 aliphatic heterocycles. The van der Waals surface area contributed by atoms with Crippen LogP contribution in [0.3, 0.4) is 0 Å². The number of carbonyl (C=O) groups excluding carboxylic acids is 1. The number of carbonyl (C=O) groups is 1. The normalized spacial score (nSPS) is 18.6. The molecule has 1 aliphatic rings. The van der Waals surface area contributed by atoms with Crippen molar-refractivity contribution in [1.82, 2.24) is 5.32 Å². The standard InChI is InChI=1S/C25H39NO/c1-7-8-9-18-26-24(27)19-21(3)13-10-12-20(2)15-16-23-22(4)14-11-17-25(23,5)6/h10,12-13,15-16,19H,7-9,11,14,17-18H2,1-6H3,(H,26,27)/b13-10+,16-15+,20-12+,21-19+. The van der Waals surface area contributed by atoms with Crippen molar-refractivity contribution in [3.05, 3.63) is 58.7 Å². The summed E-state index contributed by atoms with van der Waals surface area (Å²) < 4.78 is 0. The van der Waals surface area contributed by atoms with Gasteiger partial charge in [0, 0.05) is 12.6 Å². The second-order valence-corrected chi connectivity index (χ2v) is 8.42. The summed E-state index contributed by atoms with van der Waals surface area (Å²) in [5, 5.41) is 2.94. The smallest absolute Gasteiger partial charge is 0.244 e. The van der Waals surface area contributed by atoms with E-state index >= 15 is 0 Å². The van der Waals surface area contributed by atoms with Gasteiger partial charge < -0.3 is 5.32 Å². The van der Waals surface area contributed by atoms with Crippen molar-refractivity contribution in [3.63, 3.8) is 0 Å². The van der Waals surface area contributed by atoms with Gasteiger partial charge in [-0.1, -0.05) is 75.1 Å². The van der Waals surface area contributed by atoms with Gasteiger partial charge in [0.15, 0.2) is 0 Å². The molecule has 1 N–H and O–H groups in total. The molecule has 1 amide bonds. The summed E-state index contributed by atoms with van der Waals surface area (Å²) in [6, 6.07) is 0. The molecule has 0 unspecified atom stereocenters. The number of allylic oxidation sites excluding steroid dienone is 9. The third kappa shape index (κ3) is 9.08. The van der Waals surface area contributed by atoms with Gasteiger partial charge >= 0.3 is 0 Å². The third-order valence-electron chi connectivity index (χ3n) is 5.21. The van der Waals surface area contributed by atoms with Crippen LogP contribution in [0.5, 0.6) is 0 Å². The van der Waals surface area contributed by atoms with Gasteiger partial charge in [-0.05, 0) is 63.0 Å². The first-order valence-electron chi connectivity index (χ1n) is 10.5. The van der Waals surface area contributed by atoms with Crippen LogP contribution in [0.1, 0.15) is 80.1 Å². The van der Waals surface area contributed by atoms with Crippen molar-refractivity contribution < 1.29 is 4.79 Å². The molecule has 0 heterocycles. The molecule has 150 valence electrons. The molecular weight excluding hydrogens is 330 g/mol. The van der Waals surface area contributed by atoms with Gasteiger partial charge in [0.1, 0.15) is 0 Å². The predicted molar refractivity (Wildman–Crippen MR) is 119 cm³/mol. The highest BCUT2D eigenvalue weighted by atomic mass is 16.1. The maximum Gasteiger partial charge on any atom is 0.244 e. The van der Waals surface area contributed by atoms with E-state index in [-0.39, 0.29) is 11.3 Å². The van der Waals surface area contributed by atoms with E-state index in [0.29, 0.717) is 0 Å². The van der Waals surface area contributed by atoms with Crippen LogP contribution in [-0.4, -0.2) is 12.5 Å². The highest BCUT2D eigenvalue weighted by Gasteiger charge is 2.26. The van der Waals surface area contributed by atoms with Crippen LogP contribution < -0.4 is 5.32 Å². The average Bonchev–Trinajstić information content (AvgIpc) is 2.57. The van der Waals surface area contributed by atoms with E-state index in [1.54, 1.807) is 6.08 Å². The zero-order chi connectivity index (χ0) is 20.3. The fraction of sp³-hybridized carbons (Fsp3) is 0.560. The van der Waals surface area contributed by atoms with E-state index in [9.17, 15) is 4.79 Å². The van der Waals surface area contributed by atoms with Gasteiger partial charge in [0.2, 0.25) is 5.91 Å². The lowest BCUT2D eigenvalue weighted by molar-refractivity contribution is -0.116. The second-order valence-electron chi connectivity index (χ2n) is 8.42. The first kappa shape index (κ1) is 23.2. The summed E-state index contributed by atoms with van der Waals surface area (Å²) in [6.07, 6.45) is 19.4. The fourth-order valence-electron chi connectivity index (χ4n) is 3.52. The van der Waals surface area contributed by atoms with Crippen molar-refractivity contribution >= 4 is 5.91 Å². The number of rotatable bonds is 9. The Morgan fingerprint density at radius 2 is 1.89 bits per heavy atom. The average molecular weight is 370 g/mol. The maximum atomic E-state index is 11.8. The minimum Gasteiger partial charge on any atom is -0.353 e. The molecule has 0 spiro atoms. The SMILES string of the molecule is CCCCCNC(=O)/C=C(C)/C=C/C=C(C)/C=C/C1=C(C)CCCC1(C)C. The monoisotopic (exact) mass is 369 g/mol. The lowest BCUT2D eigenvalue weighted by Gasteiger charge is -2.32. The molecule has 0 aromatic heterocycles. The van der Waals surface area contributed by atoms with Crippen molar-refractivity contribution in [2.45, 2.75) is 80.1 Å². The molecule has 0 saturated heterocycles. The number of amides is 1. The summed E-state index contributed by atoms with van der Waals surface area (Å²) in [7, 11) is 0. The van der Waals surface area contributed by atoms with E-state index in [4.69, 9.17) is 0 Å². The minimum absolute atomic E-state index is 0.00390.